The van der Waals surface area contributed by atoms with Gasteiger partial charge in [0.25, 0.3) is 0 Å². The molecule has 0 aliphatic carbocycles. The molecule has 0 atom stereocenters. The van der Waals surface area contributed by atoms with Gasteiger partial charge in [0, 0.05) is 31.9 Å². The van der Waals surface area contributed by atoms with E-state index in [9.17, 15) is 18.0 Å². The molecule has 0 unspecified atom stereocenters. The van der Waals surface area contributed by atoms with Gasteiger partial charge in [0.2, 0.25) is 0 Å². The molecule has 0 bridgehead atoms. The van der Waals surface area contributed by atoms with Gasteiger partial charge < -0.3 is 15.1 Å². The molecule has 0 radical (unpaired) electrons. The van der Waals surface area contributed by atoms with E-state index in [2.05, 4.69) is 36.2 Å². The molecule has 0 aromatic heterocycles. The fourth-order valence-corrected chi connectivity index (χ4v) is 3.39. The Morgan fingerprint density at radius 3 is 2.39 bits per heavy atom. The van der Waals surface area contributed by atoms with Crippen LogP contribution in [0, 0.1) is 13.8 Å². The average Bonchev–Trinajstić information content (AvgIpc) is 2.65. The first-order valence-electron chi connectivity index (χ1n) is 8.90. The minimum Gasteiger partial charge on any atom is -0.368 e. The Kier molecular flexibility index (Phi) is 5.74. The van der Waals surface area contributed by atoms with Gasteiger partial charge in [-0.1, -0.05) is 23.7 Å². The molecule has 2 aromatic rings. The predicted molar refractivity (Wildman–Crippen MR) is 105 cm³/mol. The first-order chi connectivity index (χ1) is 13.2. The zero-order valence-electron chi connectivity index (χ0n) is 15.6. The van der Waals surface area contributed by atoms with Crippen LogP contribution in [0.4, 0.5) is 29.3 Å². The highest BCUT2D eigenvalue weighted by atomic mass is 35.5. The molecule has 3 rings (SSSR count). The number of hydrogen-bond acceptors (Lipinski definition) is 2. The average molecular weight is 412 g/mol. The predicted octanol–water partition coefficient (Wildman–Crippen LogP) is 5.33. The lowest BCUT2D eigenvalue weighted by molar-refractivity contribution is -0.137. The Bertz CT molecular complexity index is 877. The summed E-state index contributed by atoms with van der Waals surface area (Å²) in [4.78, 5) is 16.3. The Morgan fingerprint density at radius 1 is 1.07 bits per heavy atom. The third kappa shape index (κ3) is 4.35. The summed E-state index contributed by atoms with van der Waals surface area (Å²) in [6.07, 6.45) is -4.50. The number of hydrogen-bond donors (Lipinski definition) is 1. The van der Waals surface area contributed by atoms with E-state index >= 15 is 0 Å². The maximum atomic E-state index is 12.9. The van der Waals surface area contributed by atoms with E-state index in [1.54, 1.807) is 4.90 Å². The van der Waals surface area contributed by atoms with Crippen molar-refractivity contribution < 1.29 is 18.0 Å². The van der Waals surface area contributed by atoms with Crippen molar-refractivity contribution in [3.05, 3.63) is 58.1 Å². The number of benzene rings is 2. The molecular formula is C20H21ClF3N3O. The molecule has 1 aliphatic rings. The quantitative estimate of drug-likeness (QED) is 0.725. The number of nitrogens with one attached hydrogen (secondary N) is 1. The molecule has 1 aliphatic heterocycles. The molecule has 1 fully saturated rings. The van der Waals surface area contributed by atoms with E-state index in [1.165, 1.54) is 11.1 Å². The Balaban J connectivity index is 1.65. The number of carbonyl (C=O) groups excluding carboxylic acids is 1. The van der Waals surface area contributed by atoms with Crippen molar-refractivity contribution >= 4 is 29.0 Å². The molecule has 150 valence electrons. The summed E-state index contributed by atoms with van der Waals surface area (Å²) in [7, 11) is 0. The number of rotatable bonds is 2. The van der Waals surface area contributed by atoms with Crippen LogP contribution in [-0.4, -0.2) is 37.1 Å². The maximum Gasteiger partial charge on any atom is 0.416 e. The van der Waals surface area contributed by atoms with Crippen molar-refractivity contribution in [1.82, 2.24) is 4.90 Å². The van der Waals surface area contributed by atoms with Crippen LogP contribution in [0.3, 0.4) is 0 Å². The normalized spacial score (nSPS) is 14.9. The van der Waals surface area contributed by atoms with E-state index in [0.29, 0.717) is 26.2 Å². The number of amides is 2. The number of anilines is 2. The topological polar surface area (TPSA) is 35.6 Å². The number of piperazine rings is 1. The van der Waals surface area contributed by atoms with Gasteiger partial charge in [-0.3, -0.25) is 0 Å². The van der Waals surface area contributed by atoms with E-state index in [4.69, 9.17) is 11.6 Å². The summed E-state index contributed by atoms with van der Waals surface area (Å²) in [5, 5.41) is 2.57. The zero-order valence-corrected chi connectivity index (χ0v) is 16.4. The van der Waals surface area contributed by atoms with Crippen molar-refractivity contribution in [3.8, 4) is 0 Å². The molecule has 1 N–H and O–H groups in total. The number of aryl methyl sites for hydroxylation is 1. The summed E-state index contributed by atoms with van der Waals surface area (Å²) in [6, 6.07) is 8.54. The summed E-state index contributed by atoms with van der Waals surface area (Å²) in [6.45, 7) is 6.36. The van der Waals surface area contributed by atoms with Gasteiger partial charge in [-0.05, 0) is 49.2 Å². The molecule has 2 aromatic carbocycles. The SMILES string of the molecule is Cc1cccc(N2CCN(C(=O)Nc3cc(C(F)(F)F)ccc3Cl)CC2)c1C. The van der Waals surface area contributed by atoms with Crippen LogP contribution >= 0.6 is 11.6 Å². The monoisotopic (exact) mass is 411 g/mol. The third-order valence-corrected chi connectivity index (χ3v) is 5.35. The Morgan fingerprint density at radius 2 is 1.75 bits per heavy atom. The van der Waals surface area contributed by atoms with Crippen molar-refractivity contribution in [2.24, 2.45) is 0 Å². The van der Waals surface area contributed by atoms with Crippen LogP contribution < -0.4 is 10.2 Å². The van der Waals surface area contributed by atoms with E-state index in [1.807, 2.05) is 6.07 Å². The Hall–Kier alpha value is -2.41. The molecule has 0 spiro atoms. The number of halogens is 4. The third-order valence-electron chi connectivity index (χ3n) is 5.02. The van der Waals surface area contributed by atoms with Crippen molar-refractivity contribution in [2.75, 3.05) is 36.4 Å². The summed E-state index contributed by atoms with van der Waals surface area (Å²) >= 11 is 5.96. The number of alkyl halides is 3. The van der Waals surface area contributed by atoms with Crippen LogP contribution in [0.15, 0.2) is 36.4 Å². The van der Waals surface area contributed by atoms with Gasteiger partial charge in [0.1, 0.15) is 0 Å². The lowest BCUT2D eigenvalue weighted by Crippen LogP contribution is -2.50. The van der Waals surface area contributed by atoms with Crippen LogP contribution in [0.2, 0.25) is 5.02 Å². The zero-order chi connectivity index (χ0) is 20.5. The van der Waals surface area contributed by atoms with E-state index in [-0.39, 0.29) is 10.7 Å². The minimum absolute atomic E-state index is 0.0431. The van der Waals surface area contributed by atoms with Crippen molar-refractivity contribution in [2.45, 2.75) is 20.0 Å². The summed E-state index contributed by atoms with van der Waals surface area (Å²) < 4.78 is 38.7. The van der Waals surface area contributed by atoms with Crippen molar-refractivity contribution in [3.63, 3.8) is 0 Å². The second-order valence-electron chi connectivity index (χ2n) is 6.82. The highest BCUT2D eigenvalue weighted by molar-refractivity contribution is 6.33. The second-order valence-corrected chi connectivity index (χ2v) is 7.22. The van der Waals surface area contributed by atoms with Crippen molar-refractivity contribution in [1.29, 1.82) is 0 Å². The first-order valence-corrected chi connectivity index (χ1v) is 9.28. The molecule has 1 heterocycles. The van der Waals surface area contributed by atoms with Gasteiger partial charge in [0.05, 0.1) is 16.3 Å². The van der Waals surface area contributed by atoms with Gasteiger partial charge >= 0.3 is 12.2 Å². The van der Waals surface area contributed by atoms with Crippen LogP contribution in [0.5, 0.6) is 0 Å². The standard InChI is InChI=1S/C20H21ClF3N3O/c1-13-4-3-5-18(14(13)2)26-8-10-27(11-9-26)19(28)25-17-12-15(20(22,23)24)6-7-16(17)21/h3-7,12H,8-11H2,1-2H3,(H,25,28). The second kappa shape index (κ2) is 7.91. The van der Waals surface area contributed by atoms with E-state index < -0.39 is 17.8 Å². The molecule has 8 heteroatoms. The van der Waals surface area contributed by atoms with Crippen LogP contribution in [0.1, 0.15) is 16.7 Å². The molecule has 0 saturated carbocycles. The summed E-state index contributed by atoms with van der Waals surface area (Å²) in [5.74, 6) is 0. The van der Waals surface area contributed by atoms with E-state index in [0.717, 1.165) is 23.9 Å². The first kappa shape index (κ1) is 20.3. The van der Waals surface area contributed by atoms with Crippen LogP contribution in [0.25, 0.3) is 0 Å². The van der Waals surface area contributed by atoms with Gasteiger partial charge in [-0.25, -0.2) is 4.79 Å². The molecule has 1 saturated heterocycles. The smallest absolute Gasteiger partial charge is 0.368 e. The maximum absolute atomic E-state index is 12.9. The largest absolute Gasteiger partial charge is 0.416 e. The molecule has 28 heavy (non-hydrogen) atoms. The van der Waals surface area contributed by atoms with Crippen LogP contribution in [-0.2, 0) is 6.18 Å². The van der Waals surface area contributed by atoms with Gasteiger partial charge in [0.15, 0.2) is 0 Å². The Labute approximate surface area is 166 Å². The molecule has 4 nitrogen and oxygen atoms in total. The highest BCUT2D eigenvalue weighted by Crippen LogP contribution is 2.34. The minimum atomic E-state index is -4.50. The molecular weight excluding hydrogens is 391 g/mol. The summed E-state index contributed by atoms with van der Waals surface area (Å²) in [5.41, 5.74) is 2.65. The lowest BCUT2D eigenvalue weighted by atomic mass is 10.1. The van der Waals surface area contributed by atoms with Gasteiger partial charge in [-0.15, -0.1) is 0 Å². The fourth-order valence-electron chi connectivity index (χ4n) is 3.22. The molecule has 2 amide bonds. The number of nitrogens with zero attached hydrogens (tertiary/aromatic N) is 2. The fraction of sp³-hybridized carbons (Fsp3) is 0.350. The highest BCUT2D eigenvalue weighted by Gasteiger charge is 2.31. The number of carbonyl (C=O) groups is 1. The lowest BCUT2D eigenvalue weighted by Gasteiger charge is -2.37. The van der Waals surface area contributed by atoms with Gasteiger partial charge in [-0.2, -0.15) is 13.2 Å². The number of urea groups is 1.